The van der Waals surface area contributed by atoms with Crippen molar-refractivity contribution in [2.75, 3.05) is 20.3 Å². The first-order chi connectivity index (χ1) is 11.7. The topological polar surface area (TPSA) is 52.3 Å². The van der Waals surface area contributed by atoms with Crippen LogP contribution >= 0.6 is 0 Å². The molecule has 0 radical (unpaired) electrons. The molecule has 1 atom stereocenters. The molecule has 1 aliphatic rings. The molecule has 3 heterocycles. The van der Waals surface area contributed by atoms with E-state index in [0.29, 0.717) is 18.8 Å². The number of rotatable bonds is 5. The normalized spacial score (nSPS) is 18.6. The van der Waals surface area contributed by atoms with Crippen molar-refractivity contribution >= 4 is 5.91 Å². The first-order valence-electron chi connectivity index (χ1n) is 8.65. The van der Waals surface area contributed by atoms with E-state index in [1.54, 1.807) is 11.8 Å². The lowest BCUT2D eigenvalue weighted by molar-refractivity contribution is 0.0667. The van der Waals surface area contributed by atoms with E-state index >= 15 is 0 Å². The summed E-state index contributed by atoms with van der Waals surface area (Å²) in [5.74, 6) is 0.0271. The molecule has 0 aromatic carbocycles. The van der Waals surface area contributed by atoms with Crippen molar-refractivity contribution in [1.29, 1.82) is 0 Å². The van der Waals surface area contributed by atoms with Gasteiger partial charge in [0.2, 0.25) is 0 Å². The molecule has 2 aromatic rings. The van der Waals surface area contributed by atoms with Crippen molar-refractivity contribution < 1.29 is 9.53 Å². The van der Waals surface area contributed by atoms with E-state index in [2.05, 4.69) is 15.7 Å². The van der Waals surface area contributed by atoms with Gasteiger partial charge in [-0.05, 0) is 31.0 Å². The maximum absolute atomic E-state index is 13.1. The van der Waals surface area contributed by atoms with Gasteiger partial charge < -0.3 is 14.2 Å². The van der Waals surface area contributed by atoms with Crippen LogP contribution in [0.3, 0.4) is 0 Å². The number of amides is 1. The second-order valence-electron chi connectivity index (χ2n) is 6.36. The Kier molecular flexibility index (Phi) is 5.35. The van der Waals surface area contributed by atoms with E-state index in [9.17, 15) is 4.79 Å². The van der Waals surface area contributed by atoms with E-state index in [1.165, 1.54) is 12.1 Å². The molecule has 130 valence electrons. The highest BCUT2D eigenvalue weighted by atomic mass is 16.5. The lowest BCUT2D eigenvalue weighted by atomic mass is 10.1. The maximum atomic E-state index is 13.1. The minimum atomic E-state index is 0.0271. The average molecular weight is 330 g/mol. The van der Waals surface area contributed by atoms with Gasteiger partial charge in [-0.2, -0.15) is 5.10 Å². The third kappa shape index (κ3) is 3.53. The number of aromatic nitrogens is 3. The van der Waals surface area contributed by atoms with Crippen molar-refractivity contribution in [2.45, 2.75) is 38.3 Å². The molecule has 6 nitrogen and oxygen atoms in total. The smallest absolute Gasteiger partial charge is 0.274 e. The van der Waals surface area contributed by atoms with Gasteiger partial charge in [-0.15, -0.1) is 0 Å². The number of methoxy groups -OCH3 is 1. The quantitative estimate of drug-likeness (QED) is 0.847. The minimum Gasteiger partial charge on any atom is -0.383 e. The fourth-order valence-electron chi connectivity index (χ4n) is 3.41. The molecule has 1 aliphatic heterocycles. The van der Waals surface area contributed by atoms with Crippen LogP contribution in [0.1, 0.15) is 47.9 Å². The summed E-state index contributed by atoms with van der Waals surface area (Å²) in [6.07, 6.45) is 8.28. The number of carbonyl (C=O) groups excluding carboxylic acids is 1. The largest absolute Gasteiger partial charge is 0.383 e. The summed E-state index contributed by atoms with van der Waals surface area (Å²) in [6.45, 7) is 2.04. The summed E-state index contributed by atoms with van der Waals surface area (Å²) in [5, 5.41) is 4.43. The van der Waals surface area contributed by atoms with E-state index in [4.69, 9.17) is 4.74 Å². The van der Waals surface area contributed by atoms with Crippen LogP contribution in [-0.2, 0) is 18.3 Å². The number of ether oxygens (including phenoxy) is 1. The third-order valence-corrected chi connectivity index (χ3v) is 4.72. The number of aryl methyl sites for hydroxylation is 1. The summed E-state index contributed by atoms with van der Waals surface area (Å²) in [7, 11) is 3.71. The fraction of sp³-hybridized carbons (Fsp3) is 0.556. The Labute approximate surface area is 143 Å². The summed E-state index contributed by atoms with van der Waals surface area (Å²) in [6, 6.07) is 6.10. The average Bonchev–Trinajstić information content (AvgIpc) is 3.15. The zero-order valence-electron chi connectivity index (χ0n) is 14.5. The third-order valence-electron chi connectivity index (χ3n) is 4.72. The molecule has 0 spiro atoms. The number of hydrogen-bond acceptors (Lipinski definition) is 3. The highest BCUT2D eigenvalue weighted by molar-refractivity contribution is 5.92. The SMILES string of the molecule is COCCn1ccc(C(=O)N2CCCCC[C@H]2c2cccn2C)n1. The number of hydrogen-bond donors (Lipinski definition) is 0. The first kappa shape index (κ1) is 16.8. The van der Waals surface area contributed by atoms with Gasteiger partial charge in [0.15, 0.2) is 0 Å². The zero-order valence-corrected chi connectivity index (χ0v) is 14.5. The Balaban J connectivity index is 1.82. The van der Waals surface area contributed by atoms with Crippen LogP contribution < -0.4 is 0 Å². The van der Waals surface area contributed by atoms with Crippen molar-refractivity contribution in [2.24, 2.45) is 7.05 Å². The van der Waals surface area contributed by atoms with Crippen molar-refractivity contribution in [3.05, 3.63) is 42.0 Å². The van der Waals surface area contributed by atoms with Gasteiger partial charge in [0, 0.05) is 38.8 Å². The second-order valence-corrected chi connectivity index (χ2v) is 6.36. The van der Waals surface area contributed by atoms with Gasteiger partial charge >= 0.3 is 0 Å². The van der Waals surface area contributed by atoms with Gasteiger partial charge in [-0.1, -0.05) is 12.8 Å². The molecular formula is C18H26N4O2. The predicted octanol–water partition coefficient (Wildman–Crippen LogP) is 2.63. The molecule has 1 saturated heterocycles. The van der Waals surface area contributed by atoms with E-state index < -0.39 is 0 Å². The van der Waals surface area contributed by atoms with Crippen LogP contribution in [0.4, 0.5) is 0 Å². The van der Waals surface area contributed by atoms with Crippen LogP contribution in [0.2, 0.25) is 0 Å². The lowest BCUT2D eigenvalue weighted by Crippen LogP contribution is -2.36. The minimum absolute atomic E-state index is 0.0271. The van der Waals surface area contributed by atoms with Gasteiger partial charge in [-0.25, -0.2) is 0 Å². The van der Waals surface area contributed by atoms with Gasteiger partial charge in [-0.3, -0.25) is 9.48 Å². The molecule has 0 saturated carbocycles. The zero-order chi connectivity index (χ0) is 16.9. The second kappa shape index (κ2) is 7.66. The van der Waals surface area contributed by atoms with Crippen LogP contribution in [0.5, 0.6) is 0 Å². The van der Waals surface area contributed by atoms with Crippen LogP contribution in [0, 0.1) is 0 Å². The molecule has 2 aromatic heterocycles. The lowest BCUT2D eigenvalue weighted by Gasteiger charge is -2.30. The highest BCUT2D eigenvalue weighted by Crippen LogP contribution is 2.31. The molecule has 1 fully saturated rings. The van der Waals surface area contributed by atoms with E-state index in [1.807, 2.05) is 36.5 Å². The van der Waals surface area contributed by atoms with Gasteiger partial charge in [0.05, 0.1) is 19.2 Å². The van der Waals surface area contributed by atoms with Gasteiger partial charge in [0.25, 0.3) is 5.91 Å². The molecule has 0 aliphatic carbocycles. The Bertz CT molecular complexity index is 676. The van der Waals surface area contributed by atoms with Crippen molar-refractivity contribution in [1.82, 2.24) is 19.2 Å². The Hall–Kier alpha value is -2.08. The van der Waals surface area contributed by atoms with Crippen LogP contribution in [-0.4, -0.2) is 45.4 Å². The first-order valence-corrected chi connectivity index (χ1v) is 8.65. The summed E-state index contributed by atoms with van der Waals surface area (Å²) < 4.78 is 8.96. The molecule has 0 N–H and O–H groups in total. The monoisotopic (exact) mass is 330 g/mol. The molecule has 24 heavy (non-hydrogen) atoms. The molecule has 0 bridgehead atoms. The van der Waals surface area contributed by atoms with Crippen LogP contribution in [0.25, 0.3) is 0 Å². The standard InChI is InChI=1S/C18H26N4O2/c1-20-10-6-8-16(20)17-7-4-3-5-11-22(17)18(23)15-9-12-21(19-15)13-14-24-2/h6,8-10,12,17H,3-5,7,11,13-14H2,1-2H3/t17-/m0/s1. The molecular weight excluding hydrogens is 304 g/mol. The fourth-order valence-corrected chi connectivity index (χ4v) is 3.41. The number of likely N-dealkylation sites (tertiary alicyclic amines) is 1. The van der Waals surface area contributed by atoms with Gasteiger partial charge in [0.1, 0.15) is 5.69 Å². The maximum Gasteiger partial charge on any atom is 0.274 e. The molecule has 6 heteroatoms. The Morgan fingerprint density at radius 3 is 2.92 bits per heavy atom. The highest BCUT2D eigenvalue weighted by Gasteiger charge is 2.29. The van der Waals surface area contributed by atoms with Crippen molar-refractivity contribution in [3.63, 3.8) is 0 Å². The molecule has 1 amide bonds. The van der Waals surface area contributed by atoms with Crippen molar-refractivity contribution in [3.8, 4) is 0 Å². The van der Waals surface area contributed by atoms with E-state index in [-0.39, 0.29) is 11.9 Å². The Morgan fingerprint density at radius 1 is 1.29 bits per heavy atom. The molecule has 0 unspecified atom stereocenters. The van der Waals surface area contributed by atoms with Crippen LogP contribution in [0.15, 0.2) is 30.6 Å². The number of nitrogens with zero attached hydrogens (tertiary/aromatic N) is 4. The molecule has 3 rings (SSSR count). The summed E-state index contributed by atoms with van der Waals surface area (Å²) in [5.41, 5.74) is 1.72. The Morgan fingerprint density at radius 2 is 2.17 bits per heavy atom. The summed E-state index contributed by atoms with van der Waals surface area (Å²) >= 11 is 0. The predicted molar refractivity (Wildman–Crippen MR) is 91.8 cm³/mol. The summed E-state index contributed by atoms with van der Waals surface area (Å²) in [4.78, 5) is 15.1. The van der Waals surface area contributed by atoms with E-state index in [0.717, 1.165) is 25.8 Å². The number of carbonyl (C=O) groups is 1.